The van der Waals surface area contributed by atoms with Gasteiger partial charge < -0.3 is 15.8 Å². The van der Waals surface area contributed by atoms with Crippen LogP contribution in [-0.4, -0.2) is 13.0 Å². The molecule has 0 saturated carbocycles. The van der Waals surface area contributed by atoms with Gasteiger partial charge in [0.15, 0.2) is 0 Å². The normalized spacial score (nSPS) is 10.1. The third kappa shape index (κ3) is 3.29. The van der Waals surface area contributed by atoms with E-state index >= 15 is 0 Å². The first-order chi connectivity index (χ1) is 9.60. The van der Waals surface area contributed by atoms with Crippen LogP contribution in [0.1, 0.15) is 11.1 Å². The fourth-order valence-corrected chi connectivity index (χ4v) is 2.04. The Hall–Kier alpha value is -2.49. The SMILES string of the molecule is COc1ccccc1CC(=O)Nc1ccc(N)cc1C. The molecule has 104 valence electrons. The fourth-order valence-electron chi connectivity index (χ4n) is 2.04. The molecular formula is C16H18N2O2. The Labute approximate surface area is 118 Å². The van der Waals surface area contributed by atoms with E-state index in [1.54, 1.807) is 13.2 Å². The van der Waals surface area contributed by atoms with Crippen molar-refractivity contribution < 1.29 is 9.53 Å². The average molecular weight is 270 g/mol. The van der Waals surface area contributed by atoms with E-state index in [0.717, 1.165) is 22.6 Å². The van der Waals surface area contributed by atoms with Crippen LogP contribution in [0.4, 0.5) is 11.4 Å². The zero-order valence-electron chi connectivity index (χ0n) is 11.6. The first-order valence-electron chi connectivity index (χ1n) is 6.38. The van der Waals surface area contributed by atoms with Crippen LogP contribution in [0, 0.1) is 6.92 Å². The summed E-state index contributed by atoms with van der Waals surface area (Å²) in [6.07, 6.45) is 0.272. The predicted molar refractivity (Wildman–Crippen MR) is 80.9 cm³/mol. The van der Waals surface area contributed by atoms with Crippen molar-refractivity contribution in [3.63, 3.8) is 0 Å². The lowest BCUT2D eigenvalue weighted by atomic mass is 10.1. The second-order valence-electron chi connectivity index (χ2n) is 4.61. The van der Waals surface area contributed by atoms with Gasteiger partial charge in [-0.15, -0.1) is 0 Å². The molecule has 1 amide bonds. The molecule has 0 spiro atoms. The molecule has 3 N–H and O–H groups in total. The molecule has 0 bridgehead atoms. The van der Waals surface area contributed by atoms with Gasteiger partial charge in [-0.3, -0.25) is 4.79 Å². The summed E-state index contributed by atoms with van der Waals surface area (Å²) in [6, 6.07) is 12.9. The number of hydrogen-bond donors (Lipinski definition) is 2. The van der Waals surface area contributed by atoms with Crippen LogP contribution in [0.3, 0.4) is 0 Å². The van der Waals surface area contributed by atoms with E-state index in [2.05, 4.69) is 5.32 Å². The maximum absolute atomic E-state index is 12.1. The second kappa shape index (κ2) is 6.10. The van der Waals surface area contributed by atoms with Gasteiger partial charge >= 0.3 is 0 Å². The van der Waals surface area contributed by atoms with Crippen LogP contribution in [0.25, 0.3) is 0 Å². The van der Waals surface area contributed by atoms with Gasteiger partial charge in [0, 0.05) is 16.9 Å². The number of aryl methyl sites for hydroxylation is 1. The number of benzene rings is 2. The zero-order valence-corrected chi connectivity index (χ0v) is 11.6. The number of amides is 1. The smallest absolute Gasteiger partial charge is 0.228 e. The molecule has 0 aliphatic rings. The monoisotopic (exact) mass is 270 g/mol. The number of ether oxygens (including phenoxy) is 1. The molecule has 2 rings (SSSR count). The van der Waals surface area contributed by atoms with E-state index in [9.17, 15) is 4.79 Å². The van der Waals surface area contributed by atoms with Crippen molar-refractivity contribution >= 4 is 17.3 Å². The summed E-state index contributed by atoms with van der Waals surface area (Å²) in [5.74, 6) is 0.638. The van der Waals surface area contributed by atoms with Gasteiger partial charge in [-0.05, 0) is 36.8 Å². The van der Waals surface area contributed by atoms with Crippen LogP contribution >= 0.6 is 0 Å². The quantitative estimate of drug-likeness (QED) is 0.840. The van der Waals surface area contributed by atoms with Crippen LogP contribution in [0.2, 0.25) is 0 Å². The number of methoxy groups -OCH3 is 1. The van der Waals surface area contributed by atoms with Crippen molar-refractivity contribution in [1.29, 1.82) is 0 Å². The van der Waals surface area contributed by atoms with Crippen molar-refractivity contribution in [3.8, 4) is 5.75 Å². The molecule has 0 aliphatic carbocycles. The Bertz CT molecular complexity index is 624. The average Bonchev–Trinajstić information content (AvgIpc) is 2.42. The molecule has 0 atom stereocenters. The van der Waals surface area contributed by atoms with Gasteiger partial charge in [-0.1, -0.05) is 18.2 Å². The van der Waals surface area contributed by atoms with E-state index in [4.69, 9.17) is 10.5 Å². The van der Waals surface area contributed by atoms with E-state index in [-0.39, 0.29) is 12.3 Å². The molecule has 20 heavy (non-hydrogen) atoms. The first-order valence-corrected chi connectivity index (χ1v) is 6.38. The highest BCUT2D eigenvalue weighted by Crippen LogP contribution is 2.20. The third-order valence-corrected chi connectivity index (χ3v) is 3.07. The Morgan fingerprint density at radius 2 is 2.00 bits per heavy atom. The lowest BCUT2D eigenvalue weighted by molar-refractivity contribution is -0.115. The van der Waals surface area contributed by atoms with Crippen LogP contribution in [0.15, 0.2) is 42.5 Å². The number of nitrogens with one attached hydrogen (secondary N) is 1. The summed E-state index contributed by atoms with van der Waals surface area (Å²) >= 11 is 0. The molecule has 4 heteroatoms. The largest absolute Gasteiger partial charge is 0.496 e. The van der Waals surface area contributed by atoms with Crippen LogP contribution in [0.5, 0.6) is 5.75 Å². The second-order valence-corrected chi connectivity index (χ2v) is 4.61. The predicted octanol–water partition coefficient (Wildman–Crippen LogP) is 2.77. The highest BCUT2D eigenvalue weighted by Gasteiger charge is 2.09. The molecule has 0 aromatic heterocycles. The maximum Gasteiger partial charge on any atom is 0.228 e. The Morgan fingerprint density at radius 3 is 2.70 bits per heavy atom. The third-order valence-electron chi connectivity index (χ3n) is 3.07. The molecule has 0 saturated heterocycles. The van der Waals surface area contributed by atoms with E-state index in [1.165, 1.54) is 0 Å². The molecular weight excluding hydrogens is 252 g/mol. The molecule has 0 fully saturated rings. The molecule has 0 radical (unpaired) electrons. The highest BCUT2D eigenvalue weighted by atomic mass is 16.5. The number of hydrogen-bond acceptors (Lipinski definition) is 3. The number of nitrogen functional groups attached to an aromatic ring is 1. The maximum atomic E-state index is 12.1. The minimum atomic E-state index is -0.0811. The summed E-state index contributed by atoms with van der Waals surface area (Å²) < 4.78 is 5.24. The first kappa shape index (κ1) is 13.9. The van der Waals surface area contributed by atoms with Crippen molar-refractivity contribution in [2.24, 2.45) is 0 Å². The van der Waals surface area contributed by atoms with Gasteiger partial charge in [0.05, 0.1) is 13.5 Å². The van der Waals surface area contributed by atoms with Gasteiger partial charge in [-0.2, -0.15) is 0 Å². The summed E-state index contributed by atoms with van der Waals surface area (Å²) in [6.45, 7) is 1.91. The number of para-hydroxylation sites is 1. The van der Waals surface area contributed by atoms with Gasteiger partial charge in [-0.25, -0.2) is 0 Å². The Morgan fingerprint density at radius 1 is 1.25 bits per heavy atom. The van der Waals surface area contributed by atoms with Crippen LogP contribution in [-0.2, 0) is 11.2 Å². The molecule has 0 unspecified atom stereocenters. The topological polar surface area (TPSA) is 64.3 Å². The van der Waals surface area contributed by atoms with E-state index < -0.39 is 0 Å². The lowest BCUT2D eigenvalue weighted by Gasteiger charge is -2.11. The number of nitrogens with two attached hydrogens (primary N) is 1. The molecule has 2 aromatic rings. The number of rotatable bonds is 4. The highest BCUT2D eigenvalue weighted by molar-refractivity contribution is 5.93. The van der Waals surface area contributed by atoms with Gasteiger partial charge in [0.25, 0.3) is 0 Å². The molecule has 2 aromatic carbocycles. The Kier molecular flexibility index (Phi) is 4.25. The molecule has 0 heterocycles. The van der Waals surface area contributed by atoms with E-state index in [1.807, 2.05) is 43.3 Å². The summed E-state index contributed by atoms with van der Waals surface area (Å²) in [5.41, 5.74) is 8.96. The number of carbonyl (C=O) groups excluding carboxylic acids is 1. The van der Waals surface area contributed by atoms with Crippen molar-refractivity contribution in [2.45, 2.75) is 13.3 Å². The Balaban J connectivity index is 2.09. The number of carbonyl (C=O) groups is 1. The van der Waals surface area contributed by atoms with Gasteiger partial charge in [0.2, 0.25) is 5.91 Å². The zero-order chi connectivity index (χ0) is 14.5. The van der Waals surface area contributed by atoms with E-state index in [0.29, 0.717) is 5.69 Å². The summed E-state index contributed by atoms with van der Waals surface area (Å²) in [7, 11) is 1.60. The van der Waals surface area contributed by atoms with Crippen molar-refractivity contribution in [3.05, 3.63) is 53.6 Å². The van der Waals surface area contributed by atoms with Crippen molar-refractivity contribution in [1.82, 2.24) is 0 Å². The van der Waals surface area contributed by atoms with Gasteiger partial charge in [0.1, 0.15) is 5.75 Å². The summed E-state index contributed by atoms with van der Waals surface area (Å²) in [5, 5.41) is 2.89. The lowest BCUT2D eigenvalue weighted by Crippen LogP contribution is -2.15. The van der Waals surface area contributed by atoms with Crippen LogP contribution < -0.4 is 15.8 Å². The van der Waals surface area contributed by atoms with Crippen molar-refractivity contribution in [2.75, 3.05) is 18.2 Å². The minimum absolute atomic E-state index is 0.0811. The molecule has 0 aliphatic heterocycles. The summed E-state index contributed by atoms with van der Waals surface area (Å²) in [4.78, 5) is 12.1. The fraction of sp³-hybridized carbons (Fsp3) is 0.188. The standard InChI is InChI=1S/C16H18N2O2/c1-11-9-13(17)7-8-14(11)18-16(19)10-12-5-3-4-6-15(12)20-2/h3-9H,10,17H2,1-2H3,(H,18,19). The number of anilines is 2. The minimum Gasteiger partial charge on any atom is -0.496 e. The molecule has 4 nitrogen and oxygen atoms in total.